The molecule has 29 nitrogen and oxygen atoms in total. The number of carbonyl (C=O) groups excluding carboxylic acids is 1. The zero-order valence-corrected chi connectivity index (χ0v) is 43.8. The molecule has 0 aromatic heterocycles. The molecule has 79 heavy (non-hydrogen) atoms. The number of rotatable bonds is 13. The van der Waals surface area contributed by atoms with Gasteiger partial charge < -0.3 is 140 Å². The Labute approximate surface area is 453 Å². The highest BCUT2D eigenvalue weighted by molar-refractivity contribution is 5.77. The summed E-state index contributed by atoms with van der Waals surface area (Å²) in [4.78, 5) is 14.1. The molecule has 0 aromatic carbocycles. The highest BCUT2D eigenvalue weighted by Crippen LogP contribution is 2.74. The maximum atomic E-state index is 14.1. The van der Waals surface area contributed by atoms with Crippen LogP contribution >= 0.6 is 0 Å². The first-order valence-electron chi connectivity index (χ1n) is 26.9. The molecule has 29 heteroatoms. The molecule has 456 valence electrons. The molecule has 4 aliphatic carbocycles. The lowest BCUT2D eigenvalue weighted by atomic mass is 9.41. The molecular formula is C50H82O29. The molecule has 1 spiro atoms. The minimum Gasteiger partial charge on any atom is -0.432 e. The van der Waals surface area contributed by atoms with Gasteiger partial charge in [0.25, 0.3) is 0 Å². The van der Waals surface area contributed by atoms with Gasteiger partial charge in [0, 0.05) is 0 Å². The molecule has 0 unspecified atom stereocenters. The van der Waals surface area contributed by atoms with Crippen molar-refractivity contribution in [2.24, 2.45) is 28.1 Å². The zero-order chi connectivity index (χ0) is 58.0. The minimum atomic E-state index is -1.81. The number of aliphatic hydroxyl groups excluding tert-OH is 19. The Morgan fingerprint density at radius 2 is 0.911 bits per heavy atom. The van der Waals surface area contributed by atoms with Crippen LogP contribution in [0.25, 0.3) is 0 Å². The largest absolute Gasteiger partial charge is 0.432 e. The van der Waals surface area contributed by atoms with E-state index < -0.39 is 204 Å². The van der Waals surface area contributed by atoms with Crippen LogP contribution in [0.1, 0.15) is 71.6 Å². The predicted octanol–water partition coefficient (Wildman–Crippen LogP) is -8.34. The topological polar surface area (TPSA) is 485 Å². The fourth-order valence-corrected chi connectivity index (χ4v) is 14.6. The minimum absolute atomic E-state index is 0.121. The number of aliphatic hydroxyl groups is 19. The summed E-state index contributed by atoms with van der Waals surface area (Å²) in [7, 11) is 0. The summed E-state index contributed by atoms with van der Waals surface area (Å²) < 4.78 is 50.7. The van der Waals surface area contributed by atoms with Crippen LogP contribution in [0.5, 0.6) is 0 Å². The molecule has 5 heterocycles. The third-order valence-corrected chi connectivity index (χ3v) is 19.0. The van der Waals surface area contributed by atoms with Crippen molar-refractivity contribution in [1.29, 1.82) is 0 Å². The van der Waals surface area contributed by atoms with E-state index in [0.29, 0.717) is 44.9 Å². The van der Waals surface area contributed by atoms with Crippen LogP contribution in [-0.2, 0) is 47.4 Å². The van der Waals surface area contributed by atoms with Gasteiger partial charge in [-0.15, -0.1) is 0 Å². The van der Waals surface area contributed by atoms with E-state index in [9.17, 15) is 91.6 Å². The molecule has 9 rings (SSSR count). The summed E-state index contributed by atoms with van der Waals surface area (Å²) >= 11 is 0. The Hall–Kier alpha value is -1.87. The third-order valence-electron chi connectivity index (χ3n) is 19.0. The molecular weight excluding hydrogens is 1060 g/mol. The normalized spacial score (nSPS) is 53.7. The lowest BCUT2D eigenvalue weighted by molar-refractivity contribution is -0.378. The average Bonchev–Trinajstić information content (AvgIpc) is 3.94. The van der Waals surface area contributed by atoms with Gasteiger partial charge in [0.15, 0.2) is 25.2 Å². The zero-order valence-electron chi connectivity index (χ0n) is 43.8. The van der Waals surface area contributed by atoms with E-state index in [1.54, 1.807) is 0 Å². The van der Waals surface area contributed by atoms with Crippen molar-refractivity contribution in [2.75, 3.05) is 33.0 Å². The van der Waals surface area contributed by atoms with E-state index >= 15 is 0 Å². The van der Waals surface area contributed by atoms with Gasteiger partial charge in [-0.05, 0) is 86.5 Å². The highest BCUT2D eigenvalue weighted by Gasteiger charge is 2.69. The average molecular weight is 1150 g/mol. The fourth-order valence-electron chi connectivity index (χ4n) is 14.6. The fraction of sp³-hybridized carbons (Fsp3) is 0.940. The highest BCUT2D eigenvalue weighted by atomic mass is 16.8. The molecule has 9 aliphatic rings. The molecule has 2 bridgehead atoms. The van der Waals surface area contributed by atoms with Gasteiger partial charge in [-0.2, -0.15) is 0 Å². The van der Waals surface area contributed by atoms with Crippen molar-refractivity contribution in [2.45, 2.75) is 231 Å². The number of ether oxygens (including phenoxy) is 9. The third kappa shape index (κ3) is 11.3. The van der Waals surface area contributed by atoms with Gasteiger partial charge in [-0.3, -0.25) is 4.79 Å². The van der Waals surface area contributed by atoms with Crippen LogP contribution in [0.15, 0.2) is 12.2 Å². The first-order valence-corrected chi connectivity index (χ1v) is 26.9. The van der Waals surface area contributed by atoms with Gasteiger partial charge in [-0.1, -0.05) is 19.9 Å². The summed E-state index contributed by atoms with van der Waals surface area (Å²) in [5.41, 5.74) is -1.80. The molecule has 9 fully saturated rings. The van der Waals surface area contributed by atoms with Crippen LogP contribution in [0.3, 0.4) is 0 Å². The maximum absolute atomic E-state index is 14.1. The number of esters is 1. The van der Waals surface area contributed by atoms with Gasteiger partial charge in [0.05, 0.1) is 44.1 Å². The van der Waals surface area contributed by atoms with Crippen LogP contribution < -0.4 is 0 Å². The number of hydrogen-bond acceptors (Lipinski definition) is 29. The second-order valence-corrected chi connectivity index (χ2v) is 23.5. The summed E-state index contributed by atoms with van der Waals surface area (Å²) in [5.74, 6) is -0.591. The first-order chi connectivity index (χ1) is 37.2. The molecule has 0 radical (unpaired) electrons. The molecule has 5 saturated heterocycles. The van der Waals surface area contributed by atoms with Crippen molar-refractivity contribution in [1.82, 2.24) is 0 Å². The summed E-state index contributed by atoms with van der Waals surface area (Å²) in [5, 5.41) is 191. The Kier molecular flexibility index (Phi) is 19.7. The lowest BCUT2D eigenvalue weighted by Crippen LogP contribution is -2.65. The Balaban J connectivity index is 0.000000299. The maximum Gasteiger partial charge on any atom is 0.314 e. The molecule has 19 N–H and O–H groups in total. The molecule has 4 saturated carbocycles. The molecule has 5 aliphatic heterocycles. The van der Waals surface area contributed by atoms with Crippen molar-refractivity contribution in [3.05, 3.63) is 12.2 Å². The van der Waals surface area contributed by atoms with Crippen LogP contribution in [0, 0.1) is 28.1 Å². The monoisotopic (exact) mass is 1150 g/mol. The van der Waals surface area contributed by atoms with E-state index in [4.69, 9.17) is 52.8 Å². The summed E-state index contributed by atoms with van der Waals surface area (Å²) in [6.45, 7) is 5.19. The molecule has 0 amide bonds. The van der Waals surface area contributed by atoms with Crippen LogP contribution in [0.4, 0.5) is 0 Å². The Morgan fingerprint density at radius 1 is 0.494 bits per heavy atom. The van der Waals surface area contributed by atoms with Gasteiger partial charge in [0.2, 0.25) is 6.29 Å². The lowest BCUT2D eigenvalue weighted by Gasteiger charge is -2.64. The van der Waals surface area contributed by atoms with Crippen LogP contribution in [-0.4, -0.2) is 295 Å². The predicted molar refractivity (Wildman–Crippen MR) is 255 cm³/mol. The van der Waals surface area contributed by atoms with E-state index in [0.717, 1.165) is 18.4 Å². The van der Waals surface area contributed by atoms with E-state index in [1.165, 1.54) is 0 Å². The van der Waals surface area contributed by atoms with E-state index in [1.807, 2.05) is 6.92 Å². The number of carbonyl (C=O) groups is 1. The summed E-state index contributed by atoms with van der Waals surface area (Å²) in [6, 6.07) is 0. The second-order valence-electron chi connectivity index (χ2n) is 23.5. The van der Waals surface area contributed by atoms with Gasteiger partial charge >= 0.3 is 5.97 Å². The van der Waals surface area contributed by atoms with Crippen molar-refractivity contribution < 1.29 is 144 Å². The smallest absolute Gasteiger partial charge is 0.314 e. The van der Waals surface area contributed by atoms with Gasteiger partial charge in [0.1, 0.15) is 122 Å². The molecule has 31 atom stereocenters. The van der Waals surface area contributed by atoms with Crippen molar-refractivity contribution in [3.8, 4) is 0 Å². The van der Waals surface area contributed by atoms with Crippen molar-refractivity contribution >= 4 is 5.97 Å². The van der Waals surface area contributed by atoms with Gasteiger partial charge in [-0.25, -0.2) is 0 Å². The standard InChI is InChI=1S/C38H60O18.C12H22O11/c1-16-11-37-9-5-20-35(2,7-4-8-36(20,3)34(50)55-32-29(49)26(46)23(43)18(13-40)52-32)21(37)6-10-38(16,15-37)56-33-30(27(47)24(44)19(14-41)53-33)54-31-28(48)25(45)22(42)17(12-39)51-31;13-1-3-6(16)8(18)10(11(20)21-3)23-12-9(19)7(17)5(15)4(2-14)22-12/h17-33,39-49H,1,4-15H2,2-3H3;3-20H,1-2H2/t17-,18-,19-,20+,21+,22-,23-,24-,25+,26+,27+,28-,29-,30-,31+,32+,33+,35-,36-,37-,38+;3-,4-,5-,6-,7+,8+,9-,10-,11+,12+/m11/s1. The number of fused-ring (bicyclic) bond motifs is 3. The Morgan fingerprint density at radius 3 is 1.42 bits per heavy atom. The summed E-state index contributed by atoms with van der Waals surface area (Å²) in [6.07, 6.45) is -33.5. The SMILES string of the molecule is C=C1C[C@@]23CC[C@H]4[C@@](C)(CCC[C@@]4(C)C(=O)O[C@@H]4O[C@H](CO)[C@@H](O)[C@H](O)[C@H]4O)[C@@H]2CC[C@]1(O[C@@H]1O[C@H](CO)[C@@H](O)[C@H](O)[C@H]1O[C@@H]1O[C@H](CO)[C@@H](O)[C@H](O)[C@H]1O)C3.OC[C@H]1O[C@@H](O[C@@H]2[C@@H](O)[C@H](O)[C@@H](CO)O[C@@H]2O)[C@H](O)[C@@H](O)[C@@H]1O. The number of hydrogen-bond donors (Lipinski definition) is 19. The Bertz CT molecular complexity index is 2060. The van der Waals surface area contributed by atoms with Crippen LogP contribution in [0.2, 0.25) is 0 Å². The van der Waals surface area contributed by atoms with E-state index in [2.05, 4.69) is 13.5 Å². The first kappa shape index (κ1) is 63.2. The second kappa shape index (κ2) is 24.6. The molecule has 0 aromatic rings. The quantitative estimate of drug-likeness (QED) is 0.0463. The van der Waals surface area contributed by atoms with E-state index in [-0.39, 0.29) is 22.7 Å². The van der Waals surface area contributed by atoms with Crippen molar-refractivity contribution in [3.63, 3.8) is 0 Å².